The van der Waals surface area contributed by atoms with Gasteiger partial charge >= 0.3 is 0 Å². The van der Waals surface area contributed by atoms with Crippen LogP contribution in [-0.2, 0) is 0 Å². The lowest BCUT2D eigenvalue weighted by Crippen LogP contribution is -2.17. The number of H-pyrrole nitrogens is 2. The maximum absolute atomic E-state index is 9.48. The monoisotopic (exact) mass is 671 g/mol. The van der Waals surface area contributed by atoms with E-state index >= 15 is 0 Å². The minimum Gasteiger partial charge on any atom is -0.355 e. The molecule has 0 unspecified atom stereocenters. The van der Waals surface area contributed by atoms with Crippen LogP contribution in [0.2, 0.25) is 0 Å². The zero-order valence-corrected chi connectivity index (χ0v) is 29.2. The van der Waals surface area contributed by atoms with Crippen LogP contribution in [0.25, 0.3) is 50.4 Å². The number of para-hydroxylation sites is 2. The molecule has 250 valence electrons. The third kappa shape index (κ3) is 6.56. The van der Waals surface area contributed by atoms with Gasteiger partial charge in [-0.15, -0.1) is 0 Å². The largest absolute Gasteiger partial charge is 0.355 e. The summed E-state index contributed by atoms with van der Waals surface area (Å²) >= 11 is 0. The average molecular weight is 672 g/mol. The predicted octanol–water partition coefficient (Wildman–Crippen LogP) is 12.6. The van der Waals surface area contributed by atoms with Crippen molar-refractivity contribution >= 4 is 44.9 Å². The Balaban J connectivity index is 1.12. The van der Waals surface area contributed by atoms with E-state index in [1.807, 2.05) is 6.08 Å². The molecule has 5 nitrogen and oxygen atoms in total. The summed E-state index contributed by atoms with van der Waals surface area (Å²) < 4.78 is 0. The van der Waals surface area contributed by atoms with Crippen LogP contribution in [0, 0.1) is 28.1 Å². The number of benzene rings is 5. The summed E-state index contributed by atoms with van der Waals surface area (Å²) in [6.45, 7) is 4.37. The normalized spacial score (nSPS) is 13.9. The van der Waals surface area contributed by atoms with Crippen molar-refractivity contribution in [3.05, 3.63) is 168 Å². The first-order valence-corrected chi connectivity index (χ1v) is 17.5. The summed E-state index contributed by atoms with van der Waals surface area (Å²) in [6, 6.07) is 51.3. The Bertz CT molecular complexity index is 2390. The average Bonchev–Trinajstić information content (AvgIpc) is 3.80. The van der Waals surface area contributed by atoms with Crippen LogP contribution < -0.4 is 4.90 Å². The Hall–Kier alpha value is -6.82. The quantitative estimate of drug-likeness (QED) is 0.165. The smallest absolute Gasteiger partial charge is 0.132 e. The highest BCUT2D eigenvalue weighted by molar-refractivity contribution is 5.88. The van der Waals surface area contributed by atoms with Gasteiger partial charge in [-0.3, -0.25) is 0 Å². The highest BCUT2D eigenvalue weighted by Crippen LogP contribution is 2.40. The van der Waals surface area contributed by atoms with Gasteiger partial charge in [0, 0.05) is 50.3 Å². The van der Waals surface area contributed by atoms with E-state index in [1.54, 1.807) is 0 Å². The fourth-order valence-electron chi connectivity index (χ4n) is 7.32. The summed E-state index contributed by atoms with van der Waals surface area (Å²) in [5.41, 5.74) is 13.0. The first-order valence-electron chi connectivity index (χ1n) is 17.5. The second-order valence-electron chi connectivity index (χ2n) is 14.3. The van der Waals surface area contributed by atoms with E-state index in [0.717, 1.165) is 80.2 Å². The van der Waals surface area contributed by atoms with Crippen molar-refractivity contribution in [1.82, 2.24) is 9.97 Å². The summed E-state index contributed by atoms with van der Waals surface area (Å²) in [6.07, 6.45) is 7.84. The molecule has 5 heteroatoms. The van der Waals surface area contributed by atoms with Gasteiger partial charge in [-0.25, -0.2) is 0 Å². The fraction of sp³-hybridized carbons (Fsp3) is 0.106. The van der Waals surface area contributed by atoms with Gasteiger partial charge in [-0.1, -0.05) is 105 Å². The van der Waals surface area contributed by atoms with Gasteiger partial charge in [0.2, 0.25) is 0 Å². The maximum Gasteiger partial charge on any atom is 0.132 e. The molecule has 52 heavy (non-hydrogen) atoms. The molecule has 0 saturated carbocycles. The van der Waals surface area contributed by atoms with E-state index in [4.69, 9.17) is 0 Å². The highest BCUT2D eigenvalue weighted by Gasteiger charge is 2.26. The SMILES string of the molecule is CC1(C)CC(/C=C/c2ccc(N(c3ccc(-c4cc5ccccc5[nH]4)cc3)c3ccc(-c4cc5ccccc5[nH]4)cc3)cc2)=CC(=C(C#N)C#N)C1. The molecule has 5 aromatic carbocycles. The number of hydrogen-bond acceptors (Lipinski definition) is 3. The maximum atomic E-state index is 9.48. The molecule has 0 saturated heterocycles. The molecule has 2 aromatic heterocycles. The second-order valence-corrected chi connectivity index (χ2v) is 14.3. The molecule has 8 rings (SSSR count). The fourth-order valence-corrected chi connectivity index (χ4v) is 7.32. The molecule has 2 N–H and O–H groups in total. The number of fused-ring (bicyclic) bond motifs is 2. The van der Waals surface area contributed by atoms with Gasteiger partial charge in [0.15, 0.2) is 0 Å². The molecule has 2 heterocycles. The van der Waals surface area contributed by atoms with E-state index in [-0.39, 0.29) is 11.0 Å². The Morgan fingerprint density at radius 1 is 0.615 bits per heavy atom. The molecule has 0 amide bonds. The molecular weight excluding hydrogens is 635 g/mol. The minimum atomic E-state index is -0.0269. The van der Waals surface area contributed by atoms with Gasteiger partial charge in [-0.2, -0.15) is 10.5 Å². The molecule has 0 aliphatic heterocycles. The number of anilines is 3. The van der Waals surface area contributed by atoms with Crippen molar-refractivity contribution in [2.24, 2.45) is 5.41 Å². The summed E-state index contributed by atoms with van der Waals surface area (Å²) in [7, 11) is 0. The third-order valence-corrected chi connectivity index (χ3v) is 9.83. The van der Waals surface area contributed by atoms with E-state index in [2.05, 4.69) is 186 Å². The number of rotatable bonds is 7. The molecule has 0 bridgehead atoms. The predicted molar refractivity (Wildman–Crippen MR) is 214 cm³/mol. The second kappa shape index (κ2) is 13.5. The molecule has 0 spiro atoms. The van der Waals surface area contributed by atoms with E-state index in [1.165, 1.54) is 10.8 Å². The first kappa shape index (κ1) is 32.4. The van der Waals surface area contributed by atoms with Crippen LogP contribution in [-0.4, -0.2) is 9.97 Å². The van der Waals surface area contributed by atoms with E-state index in [9.17, 15) is 10.5 Å². The Kier molecular flexibility index (Phi) is 8.39. The molecule has 1 aliphatic rings. The van der Waals surface area contributed by atoms with Crippen LogP contribution in [0.4, 0.5) is 17.1 Å². The van der Waals surface area contributed by atoms with Gasteiger partial charge in [-0.05, 0) is 107 Å². The molecular formula is C47H37N5. The van der Waals surface area contributed by atoms with Crippen molar-refractivity contribution < 1.29 is 0 Å². The molecule has 0 atom stereocenters. The van der Waals surface area contributed by atoms with Crippen LogP contribution in [0.1, 0.15) is 32.3 Å². The third-order valence-electron chi connectivity index (χ3n) is 9.83. The van der Waals surface area contributed by atoms with Crippen LogP contribution in [0.15, 0.2) is 162 Å². The van der Waals surface area contributed by atoms with Crippen molar-refractivity contribution in [1.29, 1.82) is 10.5 Å². The van der Waals surface area contributed by atoms with Crippen molar-refractivity contribution in [2.75, 3.05) is 4.90 Å². The van der Waals surface area contributed by atoms with Gasteiger partial charge in [0.25, 0.3) is 0 Å². The highest BCUT2D eigenvalue weighted by atomic mass is 15.1. The van der Waals surface area contributed by atoms with E-state index in [0.29, 0.717) is 0 Å². The molecule has 0 radical (unpaired) electrons. The molecule has 0 fully saturated rings. The number of nitriles is 2. The minimum absolute atomic E-state index is 0.0269. The zero-order chi connectivity index (χ0) is 35.7. The number of nitrogens with zero attached hydrogens (tertiary/aromatic N) is 3. The van der Waals surface area contributed by atoms with Crippen molar-refractivity contribution in [3.8, 4) is 34.7 Å². The lowest BCUT2D eigenvalue weighted by molar-refractivity contribution is 0.354. The van der Waals surface area contributed by atoms with Gasteiger partial charge < -0.3 is 14.9 Å². The van der Waals surface area contributed by atoms with E-state index < -0.39 is 0 Å². The number of hydrogen-bond donors (Lipinski definition) is 2. The lowest BCUT2D eigenvalue weighted by atomic mass is 9.74. The first-order chi connectivity index (χ1) is 25.4. The summed E-state index contributed by atoms with van der Waals surface area (Å²) in [5, 5.41) is 21.4. The van der Waals surface area contributed by atoms with Crippen LogP contribution >= 0.6 is 0 Å². The van der Waals surface area contributed by atoms with Crippen LogP contribution in [0.3, 0.4) is 0 Å². The number of nitrogens with one attached hydrogen (secondary N) is 2. The van der Waals surface area contributed by atoms with Crippen molar-refractivity contribution in [3.63, 3.8) is 0 Å². The number of aromatic amines is 2. The Morgan fingerprint density at radius 2 is 1.10 bits per heavy atom. The van der Waals surface area contributed by atoms with Gasteiger partial charge in [0.1, 0.15) is 17.7 Å². The topological polar surface area (TPSA) is 82.4 Å². The van der Waals surface area contributed by atoms with Gasteiger partial charge in [0.05, 0.1) is 0 Å². The molecule has 1 aliphatic carbocycles. The Labute approximate surface area is 304 Å². The van der Waals surface area contributed by atoms with Crippen LogP contribution in [0.5, 0.6) is 0 Å². The van der Waals surface area contributed by atoms with Crippen molar-refractivity contribution in [2.45, 2.75) is 26.7 Å². The standard InChI is InChI=1S/C47H37N5/c1-47(2)28-33(25-38(29-47)39(30-48)31-49)12-11-32-13-19-40(20-14-32)52(41-21-15-34(16-22-41)45-26-36-7-3-5-9-43(36)50-45)42-23-17-35(18-24-42)46-27-37-8-4-6-10-44(37)51-46/h3-27,50-51H,28-29H2,1-2H3/b12-11+. The zero-order valence-electron chi connectivity index (χ0n) is 29.2. The summed E-state index contributed by atoms with van der Waals surface area (Å²) in [4.78, 5) is 9.40. The number of allylic oxidation sites excluding steroid dienone is 5. The lowest BCUT2D eigenvalue weighted by Gasteiger charge is -2.30. The number of aromatic nitrogens is 2. The Morgan fingerprint density at radius 3 is 1.58 bits per heavy atom. The molecule has 7 aromatic rings. The summed E-state index contributed by atoms with van der Waals surface area (Å²) in [5.74, 6) is 0.